The average molecular weight is 416 g/mol. The van der Waals surface area contributed by atoms with Crippen molar-refractivity contribution < 1.29 is 9.13 Å². The average Bonchev–Trinajstić information content (AvgIpc) is 2.80. The highest BCUT2D eigenvalue weighted by Crippen LogP contribution is 2.31. The highest BCUT2D eigenvalue weighted by Gasteiger charge is 2.14. The van der Waals surface area contributed by atoms with Gasteiger partial charge in [0.25, 0.3) is 0 Å². The van der Waals surface area contributed by atoms with Gasteiger partial charge in [0.2, 0.25) is 5.95 Å². The summed E-state index contributed by atoms with van der Waals surface area (Å²) >= 11 is 0. The van der Waals surface area contributed by atoms with Crippen molar-refractivity contribution in [2.75, 3.05) is 42.3 Å². The van der Waals surface area contributed by atoms with E-state index in [-0.39, 0.29) is 5.82 Å². The number of nitrogens with one attached hydrogen (secondary N) is 1. The molecule has 2 aromatic carbocycles. The summed E-state index contributed by atoms with van der Waals surface area (Å²) in [6.45, 7) is 3.07. The fourth-order valence-electron chi connectivity index (χ4n) is 3.69. The Morgan fingerprint density at radius 2 is 1.84 bits per heavy atom. The van der Waals surface area contributed by atoms with Crippen LogP contribution < -0.4 is 16.0 Å². The van der Waals surface area contributed by atoms with Crippen LogP contribution in [0.25, 0.3) is 22.0 Å². The molecular weight excluding hydrogens is 395 g/mol. The van der Waals surface area contributed by atoms with E-state index < -0.39 is 0 Å². The molecule has 0 amide bonds. The number of nitrogen functional groups attached to an aromatic ring is 1. The smallest absolute Gasteiger partial charge is 0.229 e. The van der Waals surface area contributed by atoms with E-state index in [1.54, 1.807) is 12.3 Å². The summed E-state index contributed by atoms with van der Waals surface area (Å²) in [7, 11) is 0. The number of nitrogens with two attached hydrogens (primary N) is 1. The number of anilines is 4. The van der Waals surface area contributed by atoms with Gasteiger partial charge in [-0.05, 0) is 35.9 Å². The highest BCUT2D eigenvalue weighted by atomic mass is 19.1. The Hall–Kier alpha value is -3.78. The van der Waals surface area contributed by atoms with E-state index in [1.807, 2.05) is 36.4 Å². The number of para-hydroxylation sites is 1. The third-order valence-electron chi connectivity index (χ3n) is 5.23. The van der Waals surface area contributed by atoms with Crippen LogP contribution in [0.1, 0.15) is 0 Å². The van der Waals surface area contributed by atoms with Crippen molar-refractivity contribution in [2.24, 2.45) is 0 Å². The minimum Gasteiger partial charge on any atom is -0.383 e. The predicted octanol–water partition coefficient (Wildman–Crippen LogP) is 3.99. The van der Waals surface area contributed by atoms with Crippen LogP contribution in [0.15, 0.2) is 60.8 Å². The van der Waals surface area contributed by atoms with E-state index in [1.165, 1.54) is 12.1 Å². The lowest BCUT2D eigenvalue weighted by atomic mass is 10.0. The van der Waals surface area contributed by atoms with E-state index in [0.29, 0.717) is 35.9 Å². The van der Waals surface area contributed by atoms with Crippen molar-refractivity contribution >= 4 is 34.2 Å². The molecule has 0 aliphatic carbocycles. The molecule has 5 rings (SSSR count). The SMILES string of the molecule is Nc1nc(Nc2ccc(N3CCOCC3)nc2)nc2c(-c3cccc(F)c3)cccc12. The molecule has 0 bridgehead atoms. The first-order valence-electron chi connectivity index (χ1n) is 10.1. The molecule has 1 aliphatic heterocycles. The number of rotatable bonds is 4. The summed E-state index contributed by atoms with van der Waals surface area (Å²) in [4.78, 5) is 15.8. The van der Waals surface area contributed by atoms with Crippen LogP contribution >= 0.6 is 0 Å². The van der Waals surface area contributed by atoms with Gasteiger partial charge in [-0.25, -0.2) is 14.4 Å². The van der Waals surface area contributed by atoms with Gasteiger partial charge >= 0.3 is 0 Å². The number of benzene rings is 2. The molecule has 0 unspecified atom stereocenters. The summed E-state index contributed by atoms with van der Waals surface area (Å²) in [5, 5.41) is 3.89. The van der Waals surface area contributed by atoms with Crippen LogP contribution in [0, 0.1) is 5.82 Å². The van der Waals surface area contributed by atoms with Gasteiger partial charge in [0.15, 0.2) is 0 Å². The zero-order valence-electron chi connectivity index (χ0n) is 16.8. The van der Waals surface area contributed by atoms with Crippen LogP contribution in [-0.4, -0.2) is 41.3 Å². The van der Waals surface area contributed by atoms with Crippen LogP contribution in [0.2, 0.25) is 0 Å². The molecule has 31 heavy (non-hydrogen) atoms. The molecule has 7 nitrogen and oxygen atoms in total. The lowest BCUT2D eigenvalue weighted by Gasteiger charge is -2.27. The van der Waals surface area contributed by atoms with Crippen molar-refractivity contribution in [3.8, 4) is 11.1 Å². The number of hydrogen-bond donors (Lipinski definition) is 2. The van der Waals surface area contributed by atoms with Gasteiger partial charge in [0, 0.05) is 24.0 Å². The molecule has 0 saturated carbocycles. The van der Waals surface area contributed by atoms with Crippen molar-refractivity contribution in [3.05, 3.63) is 66.6 Å². The van der Waals surface area contributed by atoms with Crippen LogP contribution in [-0.2, 0) is 4.74 Å². The minimum absolute atomic E-state index is 0.304. The molecule has 1 saturated heterocycles. The van der Waals surface area contributed by atoms with E-state index in [2.05, 4.69) is 25.2 Å². The van der Waals surface area contributed by atoms with E-state index >= 15 is 0 Å². The Labute approximate surface area is 178 Å². The third-order valence-corrected chi connectivity index (χ3v) is 5.23. The molecule has 4 aromatic rings. The Morgan fingerprint density at radius 3 is 2.61 bits per heavy atom. The molecule has 156 valence electrons. The molecule has 0 atom stereocenters. The summed E-state index contributed by atoms with van der Waals surface area (Å²) < 4.78 is 19.2. The molecule has 1 aliphatic rings. The topological polar surface area (TPSA) is 89.2 Å². The Bertz CT molecular complexity index is 1220. The first-order chi connectivity index (χ1) is 15.2. The summed E-state index contributed by atoms with van der Waals surface area (Å²) in [6, 6.07) is 15.9. The van der Waals surface area contributed by atoms with Crippen molar-refractivity contribution in [2.45, 2.75) is 0 Å². The fraction of sp³-hybridized carbons (Fsp3) is 0.174. The third kappa shape index (κ3) is 3.97. The number of halogens is 1. The second-order valence-electron chi connectivity index (χ2n) is 7.27. The van der Waals surface area contributed by atoms with Gasteiger partial charge in [0.1, 0.15) is 17.5 Å². The quantitative estimate of drug-likeness (QED) is 0.520. The van der Waals surface area contributed by atoms with Gasteiger partial charge in [-0.2, -0.15) is 4.98 Å². The second kappa shape index (κ2) is 8.16. The first-order valence-corrected chi connectivity index (χ1v) is 10.1. The van der Waals surface area contributed by atoms with Crippen LogP contribution in [0.3, 0.4) is 0 Å². The molecule has 8 heteroatoms. The number of hydrogen-bond acceptors (Lipinski definition) is 7. The fourth-order valence-corrected chi connectivity index (χ4v) is 3.69. The van der Waals surface area contributed by atoms with Crippen molar-refractivity contribution in [1.29, 1.82) is 0 Å². The Balaban J connectivity index is 1.47. The van der Waals surface area contributed by atoms with Gasteiger partial charge in [-0.1, -0.05) is 24.3 Å². The molecule has 3 heterocycles. The summed E-state index contributed by atoms with van der Waals surface area (Å²) in [5.74, 6) is 1.31. The number of aromatic nitrogens is 3. The van der Waals surface area contributed by atoms with Gasteiger partial charge in [-0.15, -0.1) is 0 Å². The van der Waals surface area contributed by atoms with E-state index in [0.717, 1.165) is 35.7 Å². The minimum atomic E-state index is -0.304. The maximum atomic E-state index is 13.8. The first kappa shape index (κ1) is 19.2. The number of nitrogens with zero attached hydrogens (tertiary/aromatic N) is 4. The van der Waals surface area contributed by atoms with Gasteiger partial charge in [0.05, 0.1) is 30.6 Å². The molecular formula is C23H21FN6O. The van der Waals surface area contributed by atoms with Crippen molar-refractivity contribution in [1.82, 2.24) is 15.0 Å². The maximum absolute atomic E-state index is 13.8. The second-order valence-corrected chi connectivity index (χ2v) is 7.27. The predicted molar refractivity (Wildman–Crippen MR) is 120 cm³/mol. The Kier molecular flexibility index (Phi) is 5.05. The summed E-state index contributed by atoms with van der Waals surface area (Å²) in [5.41, 5.74) is 9.13. The highest BCUT2D eigenvalue weighted by molar-refractivity contribution is 5.99. The number of pyridine rings is 1. The molecule has 0 radical (unpaired) electrons. The maximum Gasteiger partial charge on any atom is 0.229 e. The van der Waals surface area contributed by atoms with Crippen LogP contribution in [0.4, 0.5) is 27.7 Å². The van der Waals surface area contributed by atoms with Gasteiger partial charge < -0.3 is 20.7 Å². The molecule has 1 fully saturated rings. The zero-order valence-corrected chi connectivity index (χ0v) is 16.8. The van der Waals surface area contributed by atoms with Crippen molar-refractivity contribution in [3.63, 3.8) is 0 Å². The van der Waals surface area contributed by atoms with E-state index in [9.17, 15) is 4.39 Å². The number of ether oxygens (including phenoxy) is 1. The monoisotopic (exact) mass is 416 g/mol. The molecule has 3 N–H and O–H groups in total. The number of fused-ring (bicyclic) bond motifs is 1. The standard InChI is InChI=1S/C23H21FN6O/c24-16-4-1-3-15(13-16)18-5-2-6-19-21(18)28-23(29-22(19)25)27-17-7-8-20(26-14-17)30-9-11-31-12-10-30/h1-8,13-14H,9-12H2,(H3,25,27,28,29). The summed E-state index contributed by atoms with van der Waals surface area (Å²) in [6.07, 6.45) is 1.74. The molecule has 0 spiro atoms. The molecule has 2 aromatic heterocycles. The van der Waals surface area contributed by atoms with Crippen LogP contribution in [0.5, 0.6) is 0 Å². The Morgan fingerprint density at radius 1 is 1.00 bits per heavy atom. The normalized spacial score (nSPS) is 14.0. The number of morpholine rings is 1. The zero-order chi connectivity index (χ0) is 21.2. The van der Waals surface area contributed by atoms with E-state index in [4.69, 9.17) is 10.5 Å². The lowest BCUT2D eigenvalue weighted by Crippen LogP contribution is -2.36. The largest absolute Gasteiger partial charge is 0.383 e. The lowest BCUT2D eigenvalue weighted by molar-refractivity contribution is 0.122. The van der Waals surface area contributed by atoms with Gasteiger partial charge in [-0.3, -0.25) is 0 Å².